The molecule has 1 unspecified atom stereocenters. The van der Waals surface area contributed by atoms with Gasteiger partial charge in [0.05, 0.1) is 0 Å². The number of benzene rings is 1. The molecular weight excluding hydrogens is 204 g/mol. The lowest BCUT2D eigenvalue weighted by molar-refractivity contribution is -0.116. The molecule has 0 heterocycles. The number of para-hydroxylation sites is 1. The van der Waals surface area contributed by atoms with Gasteiger partial charge < -0.3 is 5.32 Å². The lowest BCUT2D eigenvalue weighted by atomic mass is 10.2. The Morgan fingerprint density at radius 1 is 1.50 bits per heavy atom. The van der Waals surface area contributed by atoms with Gasteiger partial charge in [-0.05, 0) is 24.1 Å². The smallest absolute Gasteiger partial charge is 0.224 e. The van der Waals surface area contributed by atoms with Crippen molar-refractivity contribution >= 4 is 11.6 Å². The molecule has 0 bridgehead atoms. The standard InChI is InChI=1S/C11H14N4O/c1-9(14-15-12)7-8-11(16)13-10-5-3-2-4-6-10/h2-6,9H,7-8H2,1H3,(H,13,16). The number of hydrogen-bond acceptors (Lipinski definition) is 2. The van der Waals surface area contributed by atoms with E-state index in [-0.39, 0.29) is 11.9 Å². The number of rotatable bonds is 5. The summed E-state index contributed by atoms with van der Waals surface area (Å²) >= 11 is 0. The molecule has 0 aliphatic heterocycles. The first-order chi connectivity index (χ1) is 7.72. The first-order valence-corrected chi connectivity index (χ1v) is 5.11. The summed E-state index contributed by atoms with van der Waals surface area (Å²) in [5, 5.41) is 6.27. The van der Waals surface area contributed by atoms with Crippen LogP contribution in [-0.4, -0.2) is 11.9 Å². The minimum absolute atomic E-state index is 0.0637. The lowest BCUT2D eigenvalue weighted by Gasteiger charge is -2.06. The molecule has 5 heteroatoms. The van der Waals surface area contributed by atoms with Crippen LogP contribution in [0.4, 0.5) is 5.69 Å². The van der Waals surface area contributed by atoms with Crippen molar-refractivity contribution in [3.63, 3.8) is 0 Å². The summed E-state index contributed by atoms with van der Waals surface area (Å²) in [6.07, 6.45) is 0.914. The Bertz CT molecular complexity index is 384. The SMILES string of the molecule is CC(CCC(=O)Nc1ccccc1)N=[N+]=[N-]. The van der Waals surface area contributed by atoms with Crippen molar-refractivity contribution in [2.24, 2.45) is 5.11 Å². The summed E-state index contributed by atoms with van der Waals surface area (Å²) in [5.74, 6) is -0.0637. The van der Waals surface area contributed by atoms with Gasteiger partial charge in [-0.1, -0.05) is 30.2 Å². The van der Waals surface area contributed by atoms with Crippen molar-refractivity contribution in [1.29, 1.82) is 0 Å². The first kappa shape index (κ1) is 12.1. The number of carbonyl (C=O) groups excluding carboxylic acids is 1. The van der Waals surface area contributed by atoms with E-state index < -0.39 is 0 Å². The minimum Gasteiger partial charge on any atom is -0.326 e. The fraction of sp³-hybridized carbons (Fsp3) is 0.364. The van der Waals surface area contributed by atoms with E-state index in [9.17, 15) is 4.79 Å². The molecule has 0 radical (unpaired) electrons. The van der Waals surface area contributed by atoms with Crippen LogP contribution in [-0.2, 0) is 4.79 Å². The number of nitrogens with one attached hydrogen (secondary N) is 1. The third-order valence-electron chi connectivity index (χ3n) is 2.10. The Labute approximate surface area is 94.1 Å². The Hall–Kier alpha value is -2.00. The highest BCUT2D eigenvalue weighted by Crippen LogP contribution is 2.07. The van der Waals surface area contributed by atoms with Gasteiger partial charge in [-0.25, -0.2) is 0 Å². The van der Waals surface area contributed by atoms with Crippen LogP contribution in [0, 0.1) is 0 Å². The van der Waals surface area contributed by atoms with Crippen molar-refractivity contribution in [2.75, 3.05) is 5.32 Å². The largest absolute Gasteiger partial charge is 0.326 e. The Morgan fingerprint density at radius 2 is 2.19 bits per heavy atom. The predicted molar refractivity (Wildman–Crippen MR) is 62.9 cm³/mol. The quantitative estimate of drug-likeness (QED) is 0.460. The molecule has 1 aromatic rings. The monoisotopic (exact) mass is 218 g/mol. The molecule has 1 amide bonds. The number of carbonyl (C=O) groups is 1. The van der Waals surface area contributed by atoms with Crippen LogP contribution < -0.4 is 5.32 Å². The molecule has 84 valence electrons. The number of nitrogens with zero attached hydrogens (tertiary/aromatic N) is 3. The maximum atomic E-state index is 11.5. The van der Waals surface area contributed by atoms with E-state index >= 15 is 0 Å². The Morgan fingerprint density at radius 3 is 2.81 bits per heavy atom. The van der Waals surface area contributed by atoms with Crippen LogP contribution in [0.5, 0.6) is 0 Å². The first-order valence-electron chi connectivity index (χ1n) is 5.11. The minimum atomic E-state index is -0.147. The predicted octanol–water partition coefficient (Wildman–Crippen LogP) is 3.10. The van der Waals surface area contributed by atoms with Gasteiger partial charge in [-0.2, -0.15) is 0 Å². The molecule has 0 spiro atoms. The molecule has 1 atom stereocenters. The molecular formula is C11H14N4O. The van der Waals surface area contributed by atoms with Gasteiger partial charge in [-0.3, -0.25) is 4.79 Å². The van der Waals surface area contributed by atoms with Gasteiger partial charge in [0, 0.05) is 23.1 Å². The number of azide groups is 1. The summed E-state index contributed by atoms with van der Waals surface area (Å²) in [4.78, 5) is 14.2. The summed E-state index contributed by atoms with van der Waals surface area (Å²) in [6, 6.07) is 9.12. The van der Waals surface area contributed by atoms with Crippen molar-refractivity contribution < 1.29 is 4.79 Å². The van der Waals surface area contributed by atoms with E-state index in [1.165, 1.54) is 0 Å². The summed E-state index contributed by atoms with van der Waals surface area (Å²) < 4.78 is 0. The van der Waals surface area contributed by atoms with Gasteiger partial charge >= 0.3 is 0 Å². The van der Waals surface area contributed by atoms with E-state index in [1.54, 1.807) is 6.92 Å². The molecule has 1 rings (SSSR count). The average molecular weight is 218 g/mol. The van der Waals surface area contributed by atoms with Crippen LogP contribution in [0.3, 0.4) is 0 Å². The maximum absolute atomic E-state index is 11.5. The van der Waals surface area contributed by atoms with E-state index in [1.807, 2.05) is 30.3 Å². The van der Waals surface area contributed by atoms with Gasteiger partial charge in [0.1, 0.15) is 0 Å². The molecule has 0 aromatic heterocycles. The summed E-state index contributed by atoms with van der Waals surface area (Å²) in [7, 11) is 0. The molecule has 0 aliphatic carbocycles. The van der Waals surface area contributed by atoms with E-state index in [0.29, 0.717) is 12.8 Å². The van der Waals surface area contributed by atoms with E-state index in [2.05, 4.69) is 15.3 Å². The molecule has 5 nitrogen and oxygen atoms in total. The third kappa shape index (κ3) is 4.48. The van der Waals surface area contributed by atoms with Crippen molar-refractivity contribution in [3.8, 4) is 0 Å². The second kappa shape index (κ2) is 6.48. The van der Waals surface area contributed by atoms with Gasteiger partial charge in [0.2, 0.25) is 5.91 Å². The highest BCUT2D eigenvalue weighted by atomic mass is 16.1. The van der Waals surface area contributed by atoms with Crippen LogP contribution in [0.25, 0.3) is 10.4 Å². The van der Waals surface area contributed by atoms with Gasteiger partial charge in [0.15, 0.2) is 0 Å². The highest BCUT2D eigenvalue weighted by molar-refractivity contribution is 5.90. The fourth-order valence-corrected chi connectivity index (χ4v) is 1.23. The molecule has 0 saturated carbocycles. The zero-order valence-electron chi connectivity index (χ0n) is 9.13. The Balaban J connectivity index is 2.34. The van der Waals surface area contributed by atoms with Gasteiger partial charge in [0.25, 0.3) is 0 Å². The topological polar surface area (TPSA) is 77.9 Å². The maximum Gasteiger partial charge on any atom is 0.224 e. The molecule has 16 heavy (non-hydrogen) atoms. The summed E-state index contributed by atoms with van der Waals surface area (Å²) in [5.41, 5.74) is 8.98. The average Bonchev–Trinajstić information content (AvgIpc) is 2.28. The second-order valence-corrected chi connectivity index (χ2v) is 3.51. The third-order valence-corrected chi connectivity index (χ3v) is 2.10. The van der Waals surface area contributed by atoms with Crippen LogP contribution in [0.15, 0.2) is 35.4 Å². The highest BCUT2D eigenvalue weighted by Gasteiger charge is 2.05. The molecule has 1 N–H and O–H groups in total. The summed E-state index contributed by atoms with van der Waals surface area (Å²) in [6.45, 7) is 1.79. The molecule has 0 saturated heterocycles. The fourth-order valence-electron chi connectivity index (χ4n) is 1.23. The van der Waals surface area contributed by atoms with Crippen molar-refractivity contribution in [2.45, 2.75) is 25.8 Å². The van der Waals surface area contributed by atoms with Crippen LogP contribution in [0.1, 0.15) is 19.8 Å². The second-order valence-electron chi connectivity index (χ2n) is 3.51. The molecule has 1 aromatic carbocycles. The van der Waals surface area contributed by atoms with Gasteiger partial charge in [-0.15, -0.1) is 0 Å². The van der Waals surface area contributed by atoms with E-state index in [0.717, 1.165) is 5.69 Å². The normalized spacial score (nSPS) is 11.3. The lowest BCUT2D eigenvalue weighted by Crippen LogP contribution is -2.13. The molecule has 0 fully saturated rings. The van der Waals surface area contributed by atoms with E-state index in [4.69, 9.17) is 5.53 Å². The zero-order chi connectivity index (χ0) is 11.8. The van der Waals surface area contributed by atoms with Crippen molar-refractivity contribution in [3.05, 3.63) is 40.8 Å². The van der Waals surface area contributed by atoms with Crippen molar-refractivity contribution in [1.82, 2.24) is 0 Å². The number of anilines is 1. The van der Waals surface area contributed by atoms with Crippen LogP contribution >= 0.6 is 0 Å². The Kier molecular flexibility index (Phi) is 4.89. The molecule has 0 aliphatic rings. The zero-order valence-corrected chi connectivity index (χ0v) is 9.13. The number of amides is 1. The van der Waals surface area contributed by atoms with Crippen LogP contribution in [0.2, 0.25) is 0 Å². The number of hydrogen-bond donors (Lipinski definition) is 1.